The van der Waals surface area contributed by atoms with Crippen LogP contribution in [-0.2, 0) is 0 Å². The van der Waals surface area contributed by atoms with Gasteiger partial charge in [0.15, 0.2) is 5.69 Å². The first-order valence-corrected chi connectivity index (χ1v) is 10.0. The molecule has 0 fully saturated rings. The Bertz CT molecular complexity index is 1560. The van der Waals surface area contributed by atoms with Gasteiger partial charge in [-0.05, 0) is 48.5 Å². The Kier molecular flexibility index (Phi) is 3.70. The molecule has 3 heterocycles. The van der Waals surface area contributed by atoms with E-state index < -0.39 is 0 Å². The summed E-state index contributed by atoms with van der Waals surface area (Å²) in [4.78, 5) is 3.59. The van der Waals surface area contributed by atoms with Crippen molar-refractivity contribution in [3.8, 4) is 16.9 Å². The van der Waals surface area contributed by atoms with E-state index in [9.17, 15) is 4.39 Å². The second-order valence-corrected chi connectivity index (χ2v) is 7.79. The molecule has 0 saturated carbocycles. The van der Waals surface area contributed by atoms with Gasteiger partial charge >= 0.3 is 0 Å². The van der Waals surface area contributed by atoms with Gasteiger partial charge in [0, 0.05) is 26.9 Å². The maximum absolute atomic E-state index is 13.6. The molecular formula is C25H16ClFN3+. The van der Waals surface area contributed by atoms with Gasteiger partial charge < -0.3 is 4.98 Å². The van der Waals surface area contributed by atoms with E-state index in [-0.39, 0.29) is 5.82 Å². The first-order valence-electron chi connectivity index (χ1n) is 9.67. The molecular weight excluding hydrogens is 397 g/mol. The molecule has 0 aliphatic rings. The number of para-hydroxylation sites is 1. The predicted octanol–water partition coefficient (Wildman–Crippen LogP) is 6.31. The molecule has 0 aliphatic heterocycles. The van der Waals surface area contributed by atoms with Crippen LogP contribution in [-0.4, -0.2) is 9.55 Å². The van der Waals surface area contributed by atoms with Gasteiger partial charge in [0.2, 0.25) is 5.52 Å². The molecule has 6 aromatic rings. The van der Waals surface area contributed by atoms with E-state index in [1.165, 1.54) is 17.5 Å². The number of aromatic amines is 1. The SMILES string of the molecule is Fc1ccc(-n2c[n+]3ccc4c5ccccc5[nH]c4c3c2-c2cccc(Cl)c2)cc1. The molecule has 6 rings (SSSR count). The van der Waals surface area contributed by atoms with Crippen molar-refractivity contribution in [2.75, 3.05) is 0 Å². The van der Waals surface area contributed by atoms with Crippen LogP contribution in [0.3, 0.4) is 0 Å². The lowest BCUT2D eigenvalue weighted by Gasteiger charge is -2.03. The van der Waals surface area contributed by atoms with E-state index in [0.29, 0.717) is 5.02 Å². The highest BCUT2D eigenvalue weighted by Crippen LogP contribution is 2.34. The lowest BCUT2D eigenvalue weighted by molar-refractivity contribution is -0.510. The topological polar surface area (TPSA) is 24.8 Å². The number of pyridine rings is 1. The van der Waals surface area contributed by atoms with Crippen molar-refractivity contribution >= 4 is 38.9 Å². The smallest absolute Gasteiger partial charge is 0.254 e. The minimum atomic E-state index is -0.259. The van der Waals surface area contributed by atoms with Gasteiger partial charge in [-0.25, -0.2) is 4.39 Å². The number of aromatic nitrogens is 3. The monoisotopic (exact) mass is 412 g/mol. The summed E-state index contributed by atoms with van der Waals surface area (Å²) in [5.74, 6) is -0.259. The summed E-state index contributed by atoms with van der Waals surface area (Å²) in [6, 6.07) is 24.7. The van der Waals surface area contributed by atoms with E-state index in [1.807, 2.05) is 36.7 Å². The molecule has 0 amide bonds. The highest BCUT2D eigenvalue weighted by Gasteiger charge is 2.25. The van der Waals surface area contributed by atoms with Gasteiger partial charge in [-0.3, -0.25) is 0 Å². The Hall–Kier alpha value is -3.63. The molecule has 0 atom stereocenters. The van der Waals surface area contributed by atoms with E-state index >= 15 is 0 Å². The lowest BCUT2D eigenvalue weighted by Crippen LogP contribution is -2.17. The lowest BCUT2D eigenvalue weighted by atomic mass is 10.1. The summed E-state index contributed by atoms with van der Waals surface area (Å²) in [6.07, 6.45) is 4.08. The highest BCUT2D eigenvalue weighted by atomic mass is 35.5. The zero-order valence-electron chi connectivity index (χ0n) is 15.8. The third kappa shape index (κ3) is 2.54. The van der Waals surface area contributed by atoms with E-state index in [0.717, 1.165) is 38.9 Å². The maximum atomic E-state index is 13.6. The number of imidazole rings is 1. The van der Waals surface area contributed by atoms with Crippen molar-refractivity contribution in [1.82, 2.24) is 9.55 Å². The third-order valence-corrected chi connectivity index (χ3v) is 5.79. The molecule has 0 unspecified atom stereocenters. The van der Waals surface area contributed by atoms with Crippen molar-refractivity contribution in [2.45, 2.75) is 0 Å². The van der Waals surface area contributed by atoms with Crippen molar-refractivity contribution < 1.29 is 8.79 Å². The van der Waals surface area contributed by atoms with Crippen LogP contribution >= 0.6 is 11.6 Å². The number of hydrogen-bond donors (Lipinski definition) is 1. The molecule has 0 radical (unpaired) electrons. The van der Waals surface area contributed by atoms with Crippen LogP contribution in [0.25, 0.3) is 44.3 Å². The predicted molar refractivity (Wildman–Crippen MR) is 119 cm³/mol. The zero-order valence-corrected chi connectivity index (χ0v) is 16.6. The van der Waals surface area contributed by atoms with Crippen LogP contribution < -0.4 is 4.40 Å². The van der Waals surface area contributed by atoms with Gasteiger partial charge in [-0.2, -0.15) is 8.97 Å². The fraction of sp³-hybridized carbons (Fsp3) is 0. The summed E-state index contributed by atoms with van der Waals surface area (Å²) >= 11 is 6.34. The molecule has 30 heavy (non-hydrogen) atoms. The summed E-state index contributed by atoms with van der Waals surface area (Å²) in [5, 5.41) is 3.01. The van der Waals surface area contributed by atoms with Crippen molar-refractivity contribution in [2.24, 2.45) is 0 Å². The van der Waals surface area contributed by atoms with Crippen molar-refractivity contribution in [3.63, 3.8) is 0 Å². The Morgan fingerprint density at radius 3 is 2.53 bits per heavy atom. The molecule has 0 saturated heterocycles. The number of hydrogen-bond acceptors (Lipinski definition) is 0. The fourth-order valence-electron chi connectivity index (χ4n) is 4.22. The first kappa shape index (κ1) is 17.2. The van der Waals surface area contributed by atoms with Crippen LogP contribution in [0, 0.1) is 5.82 Å². The summed E-state index contributed by atoms with van der Waals surface area (Å²) < 4.78 is 17.7. The van der Waals surface area contributed by atoms with Gasteiger partial charge in [-0.1, -0.05) is 41.9 Å². The molecule has 3 aromatic heterocycles. The Morgan fingerprint density at radius 2 is 1.70 bits per heavy atom. The van der Waals surface area contributed by atoms with Crippen LogP contribution in [0.2, 0.25) is 5.02 Å². The largest absolute Gasteiger partial charge is 0.351 e. The highest BCUT2D eigenvalue weighted by molar-refractivity contribution is 6.30. The van der Waals surface area contributed by atoms with Crippen molar-refractivity contribution in [1.29, 1.82) is 0 Å². The number of benzene rings is 3. The number of nitrogens with one attached hydrogen (secondary N) is 1. The van der Waals surface area contributed by atoms with Gasteiger partial charge in [0.05, 0.1) is 11.7 Å². The minimum Gasteiger partial charge on any atom is -0.351 e. The summed E-state index contributed by atoms with van der Waals surface area (Å²) in [5.41, 5.74) is 6.03. The normalized spacial score (nSPS) is 11.7. The van der Waals surface area contributed by atoms with Gasteiger partial charge in [0.25, 0.3) is 6.33 Å². The standard InChI is InChI=1S/C25H16ClFN3/c26-17-5-3-4-16(14-17)24-25-23-21(20-6-1-2-7-22(20)28-23)12-13-29(25)15-30(24)19-10-8-18(27)9-11-19/h1-15,28H/q+1. The maximum Gasteiger partial charge on any atom is 0.254 e. The molecule has 0 aliphatic carbocycles. The van der Waals surface area contributed by atoms with Crippen LogP contribution in [0.15, 0.2) is 91.4 Å². The molecule has 1 N–H and O–H groups in total. The van der Waals surface area contributed by atoms with E-state index in [2.05, 4.69) is 44.4 Å². The second-order valence-electron chi connectivity index (χ2n) is 7.35. The van der Waals surface area contributed by atoms with Crippen LogP contribution in [0.1, 0.15) is 0 Å². The Labute approximate surface area is 176 Å². The first-order chi connectivity index (χ1) is 14.7. The Balaban J connectivity index is 1.79. The third-order valence-electron chi connectivity index (χ3n) is 5.55. The average Bonchev–Trinajstić information content (AvgIpc) is 3.33. The number of rotatable bonds is 2. The molecule has 144 valence electrons. The molecule has 3 nitrogen and oxygen atoms in total. The zero-order chi connectivity index (χ0) is 20.2. The number of H-pyrrole nitrogens is 1. The number of nitrogens with zero attached hydrogens (tertiary/aromatic N) is 2. The summed E-state index contributed by atoms with van der Waals surface area (Å²) in [6.45, 7) is 0. The van der Waals surface area contributed by atoms with Gasteiger partial charge in [-0.15, -0.1) is 0 Å². The quantitative estimate of drug-likeness (QED) is 0.322. The average molecular weight is 413 g/mol. The summed E-state index contributed by atoms with van der Waals surface area (Å²) in [7, 11) is 0. The van der Waals surface area contributed by atoms with Crippen LogP contribution in [0.4, 0.5) is 4.39 Å². The van der Waals surface area contributed by atoms with Crippen molar-refractivity contribution in [3.05, 3.63) is 102 Å². The molecule has 0 spiro atoms. The van der Waals surface area contributed by atoms with E-state index in [1.54, 1.807) is 12.1 Å². The number of halogens is 2. The molecule has 0 bridgehead atoms. The van der Waals surface area contributed by atoms with Gasteiger partial charge in [0.1, 0.15) is 11.5 Å². The number of fused-ring (bicyclic) bond motifs is 5. The minimum absolute atomic E-state index is 0.259. The molecule has 3 aromatic carbocycles. The second kappa shape index (κ2) is 6.44. The Morgan fingerprint density at radius 1 is 0.867 bits per heavy atom. The molecule has 5 heteroatoms. The van der Waals surface area contributed by atoms with E-state index in [4.69, 9.17) is 11.6 Å². The van der Waals surface area contributed by atoms with Crippen LogP contribution in [0.5, 0.6) is 0 Å². The fourth-order valence-corrected chi connectivity index (χ4v) is 4.41.